The number of halogens is 1. The quantitative estimate of drug-likeness (QED) is 0.0597. The van der Waals surface area contributed by atoms with Crippen molar-refractivity contribution in [1.29, 1.82) is 0 Å². The molecule has 0 bridgehead atoms. The van der Waals surface area contributed by atoms with Crippen molar-refractivity contribution in [2.24, 2.45) is 0 Å². The van der Waals surface area contributed by atoms with Gasteiger partial charge in [0.15, 0.2) is 69.4 Å². The molecule has 88 heavy (non-hydrogen) atoms. The van der Waals surface area contributed by atoms with E-state index in [0.717, 1.165) is 60.4 Å². The highest BCUT2D eigenvalue weighted by molar-refractivity contribution is 7.19. The predicted molar refractivity (Wildman–Crippen MR) is 428 cm³/mol. The summed E-state index contributed by atoms with van der Waals surface area (Å²) in [5.41, 5.74) is 5.37. The minimum absolute atomic E-state index is 0.957. The second kappa shape index (κ2) is 33.7. The Kier molecular flexibility index (Phi) is 34.3. The van der Waals surface area contributed by atoms with E-state index in [4.69, 9.17) is 76.9 Å². The zero-order valence-corrected chi connectivity index (χ0v) is 85.0. The van der Waals surface area contributed by atoms with E-state index in [1.165, 1.54) is 0 Å². The second-order valence-electron chi connectivity index (χ2n) is 32.1. The number of hydrogen-bond acceptors (Lipinski definition) is 16. The molecule has 522 valence electrons. The first kappa shape index (κ1) is 89.4. The van der Waals surface area contributed by atoms with Crippen LogP contribution in [0.5, 0.6) is 0 Å². The van der Waals surface area contributed by atoms with Gasteiger partial charge in [-0.3, -0.25) is 0 Å². The molecule has 4 fully saturated rings. The van der Waals surface area contributed by atoms with E-state index in [0.29, 0.717) is 0 Å². The van der Waals surface area contributed by atoms with Crippen LogP contribution < -0.4 is 0 Å². The van der Waals surface area contributed by atoms with Crippen LogP contribution in [0.3, 0.4) is 0 Å². The lowest BCUT2D eigenvalue weighted by Crippen LogP contribution is -2.68. The van der Waals surface area contributed by atoms with Crippen LogP contribution in [0, 0.1) is 0 Å². The summed E-state index contributed by atoms with van der Waals surface area (Å²) < 4.78 is 102. The predicted octanol–water partition coefficient (Wildman–Crippen LogP) is 17.0. The van der Waals surface area contributed by atoms with Crippen molar-refractivity contribution in [3.8, 4) is 0 Å². The van der Waals surface area contributed by atoms with Crippen LogP contribution in [0.2, 0.25) is 283 Å². The minimum atomic E-state index is -2.39. The third-order valence-corrected chi connectivity index (χ3v) is 93.4. The fraction of sp³-hybridized carbons (Fsp3) is 0.880. The topological polar surface area (TPSA) is 148 Å². The Morgan fingerprint density at radius 3 is 0.625 bits per heavy atom. The van der Waals surface area contributed by atoms with E-state index in [1.807, 2.05) is 19.6 Å². The Bertz CT molecular complexity index is 2030. The standard InChI is InChI=1S/C21H60O6Si9.C11H32O4Si5.C9H25ClO3Si4.C9H18O3Si3/c1-28(2)22-31(7,8)16-19-34(13)25-35(14,20-17-32(9,10)23-29(3)4)27-36(15,26-34)21-18-33(11,12)24-30(5)6;1-16(2)12-17(3,4)10-11-20(9)14-18(5,6)13-19(7,8)15-20;1-14(2,10)8-9-17(7)12-15(3,4)11-16(5,6)13-17;1-7-13(4)10-14(5,8-2)12-15(6,9-3)11-13/h28-30H,16-21H2,1-15H3;16H,10-11H2,1-9H3;8-9H2,1-7H3;7-9H,1-3H2,4-6H3. The van der Waals surface area contributed by atoms with Crippen molar-refractivity contribution >= 4 is 191 Å². The molecule has 0 unspecified atom stereocenters. The molecule has 0 spiro atoms. The number of hydrogen-bond donors (Lipinski definition) is 0. The molecule has 38 heteroatoms. The molecule has 0 amide bonds. The van der Waals surface area contributed by atoms with E-state index in [1.54, 1.807) is 17.1 Å². The fourth-order valence-corrected chi connectivity index (χ4v) is 116. The van der Waals surface area contributed by atoms with Gasteiger partial charge >= 0.3 is 103 Å². The highest BCUT2D eigenvalue weighted by Crippen LogP contribution is 2.42. The molecule has 0 aromatic carbocycles. The molecule has 4 heterocycles. The summed E-state index contributed by atoms with van der Waals surface area (Å²) >= 11 is 6.40. The van der Waals surface area contributed by atoms with Gasteiger partial charge in [0.1, 0.15) is 7.38 Å². The zero-order valence-electron chi connectivity index (χ0n) is 62.6. The van der Waals surface area contributed by atoms with Crippen LogP contribution in [0.25, 0.3) is 0 Å². The van der Waals surface area contributed by atoms with Crippen molar-refractivity contribution < 1.29 is 65.8 Å². The van der Waals surface area contributed by atoms with Gasteiger partial charge in [-0.05, 0) is 270 Å². The van der Waals surface area contributed by atoms with E-state index in [2.05, 4.69) is 223 Å². The van der Waals surface area contributed by atoms with Crippen molar-refractivity contribution in [2.75, 3.05) is 0 Å². The number of rotatable bonds is 26. The average Bonchev–Trinajstić information content (AvgIpc) is 1.42. The van der Waals surface area contributed by atoms with Crippen molar-refractivity contribution in [3.05, 3.63) is 36.8 Å². The van der Waals surface area contributed by atoms with Gasteiger partial charge in [0, 0.05) is 0 Å². The third kappa shape index (κ3) is 36.0. The minimum Gasteiger partial charge on any atom is -0.458 e. The van der Waals surface area contributed by atoms with Crippen LogP contribution in [0.4, 0.5) is 0 Å². The normalized spacial score (nSPS) is 30.3. The molecule has 4 rings (SSSR count). The maximum absolute atomic E-state index is 7.07. The lowest BCUT2D eigenvalue weighted by atomic mass is 10.9. The summed E-state index contributed by atoms with van der Waals surface area (Å²) in [6, 6.07) is 10.6. The summed E-state index contributed by atoms with van der Waals surface area (Å²) in [5.74, 6) is 0. The molecule has 4 aliphatic rings. The summed E-state index contributed by atoms with van der Waals surface area (Å²) in [5, 5.41) is 0. The summed E-state index contributed by atoms with van der Waals surface area (Å²) in [4.78, 5) is 0. The summed E-state index contributed by atoms with van der Waals surface area (Å²) in [7, 11) is -38.6. The lowest BCUT2D eigenvalue weighted by Gasteiger charge is -2.51. The molecule has 0 saturated carbocycles. The Balaban J connectivity index is 0.000000630. The summed E-state index contributed by atoms with van der Waals surface area (Å²) in [6.07, 6.45) is 0. The van der Waals surface area contributed by atoms with Crippen LogP contribution in [-0.4, -0.2) is 180 Å². The van der Waals surface area contributed by atoms with E-state index in [9.17, 15) is 0 Å². The highest BCUT2D eigenvalue weighted by atomic mass is 35.6. The van der Waals surface area contributed by atoms with Crippen LogP contribution in [-0.2, 0) is 65.8 Å². The van der Waals surface area contributed by atoms with Gasteiger partial charge < -0.3 is 65.8 Å². The molecule has 0 atom stereocenters. The van der Waals surface area contributed by atoms with Crippen molar-refractivity contribution in [1.82, 2.24) is 0 Å². The molecular weight excluding hydrogens is 1480 g/mol. The molecule has 4 saturated heterocycles. The van der Waals surface area contributed by atoms with Gasteiger partial charge in [-0.2, -0.15) is 11.1 Å². The van der Waals surface area contributed by atoms with Gasteiger partial charge in [-0.1, -0.05) is 30.2 Å². The average molecular weight is 1620 g/mol. The Morgan fingerprint density at radius 2 is 0.466 bits per heavy atom. The molecule has 16 nitrogen and oxygen atoms in total. The smallest absolute Gasteiger partial charge is 0.344 e. The van der Waals surface area contributed by atoms with Gasteiger partial charge in [-0.15, -0.1) is 19.7 Å². The lowest BCUT2D eigenvalue weighted by molar-refractivity contribution is 0.223. The van der Waals surface area contributed by atoms with Crippen LogP contribution in [0.1, 0.15) is 0 Å². The van der Waals surface area contributed by atoms with Gasteiger partial charge in [0.25, 0.3) is 0 Å². The highest BCUT2D eigenvalue weighted by Gasteiger charge is 2.59. The first-order valence-corrected chi connectivity index (χ1v) is 91.5. The van der Waals surface area contributed by atoms with Gasteiger partial charge in [0.2, 0.25) is 0 Å². The largest absolute Gasteiger partial charge is 0.458 e. The monoisotopic (exact) mass is 1610 g/mol. The Hall–Kier alpha value is 3.42. The molecule has 0 aromatic rings. The third-order valence-electron chi connectivity index (χ3n) is 14.6. The van der Waals surface area contributed by atoms with Crippen LogP contribution in [0.15, 0.2) is 36.8 Å². The van der Waals surface area contributed by atoms with Gasteiger partial charge in [0.05, 0.1) is 0 Å². The molecule has 0 radical (unpaired) electrons. The SMILES string of the molecule is C=C[Si]1(C)O[Si](C)(C=C)O[Si](C)(C=C)O1.C[SiH](C)O[Si](C)(C)CC[Si]1(C)O[Si](C)(C)O[Si](C)(C)O1.C[SiH](C)O[Si](C)(C)CC[Si]1(C)O[Si](C)(CC[Si](C)(C)O[SiH](C)C)O[Si](C)(CC[Si](C)(C)O[SiH](C)C)O1.C[Si](C)(Cl)CC[Si]1(C)O[Si](C)(C)O[Si](C)(C)O1. The van der Waals surface area contributed by atoms with E-state index in [-0.39, 0.29) is 0 Å². The van der Waals surface area contributed by atoms with E-state index >= 15 is 0 Å². The molecule has 0 N–H and O–H groups in total. The molecule has 0 aromatic heterocycles. The maximum atomic E-state index is 7.07. The molecule has 4 aliphatic heterocycles. The van der Waals surface area contributed by atoms with E-state index < -0.39 is 180 Å². The van der Waals surface area contributed by atoms with Gasteiger partial charge in [-0.25, -0.2) is 0 Å². The molecular formula is C50H135ClO16Si21. The fourth-order valence-electron chi connectivity index (χ4n) is 12.3. The first-order chi connectivity index (χ1) is 38.9. The Labute approximate surface area is 571 Å². The van der Waals surface area contributed by atoms with Crippen LogP contribution >= 0.6 is 11.1 Å². The summed E-state index contributed by atoms with van der Waals surface area (Å²) in [6.45, 7) is 87.2. The zero-order chi connectivity index (χ0) is 69.3. The maximum Gasteiger partial charge on any atom is 0.344 e. The molecule has 0 aliphatic carbocycles. The first-order valence-electron chi connectivity index (χ1n) is 32.6. The second-order valence-corrected chi connectivity index (χ2v) is 109. The Morgan fingerprint density at radius 1 is 0.295 bits per heavy atom. The van der Waals surface area contributed by atoms with Crippen molar-refractivity contribution in [3.63, 3.8) is 0 Å². The van der Waals surface area contributed by atoms with Crippen molar-refractivity contribution in [2.45, 2.75) is 283 Å².